The summed E-state index contributed by atoms with van der Waals surface area (Å²) in [7, 11) is 0. The van der Waals surface area contributed by atoms with Crippen LogP contribution in [0.4, 0.5) is 4.39 Å². The van der Waals surface area contributed by atoms with Crippen LogP contribution in [0.3, 0.4) is 0 Å². The van der Waals surface area contributed by atoms with E-state index in [0.29, 0.717) is 0 Å². The Morgan fingerprint density at radius 3 is 2.32 bits per heavy atom. The van der Waals surface area contributed by atoms with E-state index in [4.69, 9.17) is 0 Å². The van der Waals surface area contributed by atoms with Gasteiger partial charge in [0.2, 0.25) is 0 Å². The first-order valence-corrected chi connectivity index (χ1v) is 7.02. The second-order valence-corrected chi connectivity index (χ2v) is 5.90. The van der Waals surface area contributed by atoms with Crippen molar-refractivity contribution >= 4 is 0 Å². The summed E-state index contributed by atoms with van der Waals surface area (Å²) in [6.45, 7) is 11.8. The first-order chi connectivity index (χ1) is 8.87. The van der Waals surface area contributed by atoms with Gasteiger partial charge in [0.15, 0.2) is 0 Å². The maximum absolute atomic E-state index is 13.1. The summed E-state index contributed by atoms with van der Waals surface area (Å²) in [5, 5.41) is 3.58. The third-order valence-corrected chi connectivity index (χ3v) is 3.48. The molecule has 0 spiro atoms. The predicted molar refractivity (Wildman–Crippen MR) is 80.9 cm³/mol. The molecule has 0 bridgehead atoms. The topological polar surface area (TPSA) is 12.0 Å². The highest BCUT2D eigenvalue weighted by molar-refractivity contribution is 5.29. The lowest BCUT2D eigenvalue weighted by Gasteiger charge is -2.34. The lowest BCUT2D eigenvalue weighted by atomic mass is 9.77. The van der Waals surface area contributed by atoms with E-state index in [-0.39, 0.29) is 17.3 Å². The quantitative estimate of drug-likeness (QED) is 0.748. The second-order valence-electron chi connectivity index (χ2n) is 5.90. The molecule has 0 heterocycles. The summed E-state index contributed by atoms with van der Waals surface area (Å²) in [6, 6.07) is 7.10. The van der Waals surface area contributed by atoms with Gasteiger partial charge in [0.05, 0.1) is 0 Å². The van der Waals surface area contributed by atoms with E-state index < -0.39 is 0 Å². The van der Waals surface area contributed by atoms with Crippen LogP contribution in [0, 0.1) is 5.82 Å². The summed E-state index contributed by atoms with van der Waals surface area (Å²) in [6.07, 6.45) is 3.37. The zero-order valence-corrected chi connectivity index (χ0v) is 12.8. The molecule has 0 saturated carbocycles. The van der Waals surface area contributed by atoms with Gasteiger partial charge < -0.3 is 5.32 Å². The molecule has 2 heteroatoms. The average Bonchev–Trinajstić information content (AvgIpc) is 2.34. The van der Waals surface area contributed by atoms with Crippen molar-refractivity contribution in [1.82, 2.24) is 5.32 Å². The molecule has 1 nitrogen and oxygen atoms in total. The lowest BCUT2D eigenvalue weighted by molar-refractivity contribution is 0.392. The van der Waals surface area contributed by atoms with Crippen molar-refractivity contribution in [1.29, 1.82) is 0 Å². The van der Waals surface area contributed by atoms with Crippen molar-refractivity contribution in [3.8, 4) is 0 Å². The van der Waals surface area contributed by atoms with Crippen molar-refractivity contribution in [3.05, 3.63) is 47.3 Å². The van der Waals surface area contributed by atoms with Crippen molar-refractivity contribution in [3.63, 3.8) is 0 Å². The third-order valence-electron chi connectivity index (χ3n) is 3.48. The molecule has 1 rings (SSSR count). The summed E-state index contributed by atoms with van der Waals surface area (Å²) in [5.74, 6) is -0.181. The predicted octanol–water partition coefficient (Wildman–Crippen LogP) is 4.44. The van der Waals surface area contributed by atoms with Crippen LogP contribution >= 0.6 is 0 Å². The summed E-state index contributed by atoms with van der Waals surface area (Å²) in [5.41, 5.74) is 2.38. The minimum Gasteiger partial charge on any atom is -0.310 e. The van der Waals surface area contributed by atoms with Crippen LogP contribution in [0.1, 0.15) is 46.6 Å². The van der Waals surface area contributed by atoms with Gasteiger partial charge in [-0.15, -0.1) is 0 Å². The number of nitrogens with one attached hydrogen (secondary N) is 1. The van der Waals surface area contributed by atoms with Gasteiger partial charge in [-0.2, -0.15) is 0 Å². The fourth-order valence-corrected chi connectivity index (χ4v) is 2.21. The Bertz CT molecular complexity index is 413. The molecule has 0 aliphatic rings. The van der Waals surface area contributed by atoms with Gasteiger partial charge in [-0.25, -0.2) is 4.39 Å². The molecule has 0 aromatic heterocycles. The molecule has 0 amide bonds. The zero-order valence-electron chi connectivity index (χ0n) is 12.8. The van der Waals surface area contributed by atoms with Crippen molar-refractivity contribution < 1.29 is 4.39 Å². The second kappa shape index (κ2) is 6.85. The summed E-state index contributed by atoms with van der Waals surface area (Å²) >= 11 is 0. The molecule has 0 radical (unpaired) electrons. The number of benzene rings is 1. The van der Waals surface area contributed by atoms with E-state index in [9.17, 15) is 4.39 Å². The van der Waals surface area contributed by atoms with Crippen LogP contribution in [0.2, 0.25) is 0 Å². The molecule has 19 heavy (non-hydrogen) atoms. The van der Waals surface area contributed by atoms with Crippen LogP contribution in [0.5, 0.6) is 0 Å². The third kappa shape index (κ3) is 4.46. The fraction of sp³-hybridized carbons (Fsp3) is 0.529. The van der Waals surface area contributed by atoms with Crippen molar-refractivity contribution in [2.75, 3.05) is 6.54 Å². The highest BCUT2D eigenvalue weighted by Crippen LogP contribution is 2.28. The SMILES string of the molecule is CCCNC(C=C(C)C)C(C)(C)c1ccc(F)cc1. The van der Waals surface area contributed by atoms with Gasteiger partial charge in [0.1, 0.15) is 5.82 Å². The van der Waals surface area contributed by atoms with Crippen LogP contribution in [0.25, 0.3) is 0 Å². The smallest absolute Gasteiger partial charge is 0.123 e. The van der Waals surface area contributed by atoms with Gasteiger partial charge in [-0.05, 0) is 44.5 Å². The van der Waals surface area contributed by atoms with Gasteiger partial charge in [0.25, 0.3) is 0 Å². The number of rotatable bonds is 6. The van der Waals surface area contributed by atoms with Gasteiger partial charge in [-0.1, -0.05) is 44.6 Å². The summed E-state index contributed by atoms with van der Waals surface area (Å²) < 4.78 is 13.1. The molecule has 0 fully saturated rings. The molecule has 1 N–H and O–H groups in total. The molecule has 1 aromatic carbocycles. The maximum atomic E-state index is 13.1. The van der Waals surface area contributed by atoms with Gasteiger partial charge >= 0.3 is 0 Å². The monoisotopic (exact) mass is 263 g/mol. The Morgan fingerprint density at radius 2 is 1.84 bits per heavy atom. The molecule has 1 atom stereocenters. The number of allylic oxidation sites excluding steroid dienone is 1. The Balaban J connectivity index is 3.03. The number of hydrogen-bond acceptors (Lipinski definition) is 1. The Morgan fingerprint density at radius 1 is 1.26 bits per heavy atom. The molecule has 1 aromatic rings. The minimum absolute atomic E-state index is 0.0693. The standard InChI is InChI=1S/C17H26FN/c1-6-11-19-16(12-13(2)3)17(4,5)14-7-9-15(18)10-8-14/h7-10,12,16,19H,6,11H2,1-5H3. The zero-order chi connectivity index (χ0) is 14.5. The van der Waals surface area contributed by atoms with E-state index in [1.54, 1.807) is 0 Å². The van der Waals surface area contributed by atoms with Crippen molar-refractivity contribution in [2.24, 2.45) is 0 Å². The minimum atomic E-state index is -0.181. The first-order valence-electron chi connectivity index (χ1n) is 7.02. The van der Waals surface area contributed by atoms with E-state index in [1.165, 1.54) is 17.7 Å². The molecular weight excluding hydrogens is 237 g/mol. The van der Waals surface area contributed by atoms with E-state index >= 15 is 0 Å². The molecule has 1 unspecified atom stereocenters. The summed E-state index contributed by atoms with van der Waals surface area (Å²) in [4.78, 5) is 0. The molecule has 0 aliphatic heterocycles. The van der Waals surface area contributed by atoms with E-state index in [2.05, 4.69) is 46.0 Å². The van der Waals surface area contributed by atoms with E-state index in [1.807, 2.05) is 12.1 Å². The normalized spacial score (nSPS) is 13.2. The molecule has 0 aliphatic carbocycles. The Labute approximate surface area is 116 Å². The highest BCUT2D eigenvalue weighted by Gasteiger charge is 2.29. The largest absolute Gasteiger partial charge is 0.310 e. The lowest BCUT2D eigenvalue weighted by Crippen LogP contribution is -2.44. The van der Waals surface area contributed by atoms with Crippen LogP contribution < -0.4 is 5.32 Å². The number of halogens is 1. The molecule has 106 valence electrons. The van der Waals surface area contributed by atoms with Crippen molar-refractivity contribution in [2.45, 2.75) is 52.5 Å². The first kappa shape index (κ1) is 15.9. The number of hydrogen-bond donors (Lipinski definition) is 1. The molecule has 0 saturated heterocycles. The van der Waals surface area contributed by atoms with Gasteiger partial charge in [0, 0.05) is 11.5 Å². The van der Waals surface area contributed by atoms with Gasteiger partial charge in [-0.3, -0.25) is 0 Å². The van der Waals surface area contributed by atoms with E-state index in [0.717, 1.165) is 18.5 Å². The average molecular weight is 263 g/mol. The fourth-order valence-electron chi connectivity index (χ4n) is 2.21. The molecular formula is C17H26FN. The van der Waals surface area contributed by atoms with Crippen LogP contribution in [-0.4, -0.2) is 12.6 Å². The van der Waals surface area contributed by atoms with Crippen LogP contribution in [-0.2, 0) is 5.41 Å². The van der Waals surface area contributed by atoms with Crippen LogP contribution in [0.15, 0.2) is 35.9 Å². The Kier molecular flexibility index (Phi) is 5.74. The Hall–Kier alpha value is -1.15. The highest BCUT2D eigenvalue weighted by atomic mass is 19.1. The maximum Gasteiger partial charge on any atom is 0.123 e.